The molecule has 1 aromatic heterocycles. The normalized spacial score (nSPS) is 18.5. The molecular formula is C28H30N4O. The van der Waals surface area contributed by atoms with Crippen LogP contribution in [0.5, 0.6) is 0 Å². The van der Waals surface area contributed by atoms with E-state index in [1.807, 2.05) is 11.8 Å². The van der Waals surface area contributed by atoms with Gasteiger partial charge in [-0.15, -0.1) is 0 Å². The van der Waals surface area contributed by atoms with Crippen molar-refractivity contribution in [3.63, 3.8) is 0 Å². The second-order valence-electron chi connectivity index (χ2n) is 9.11. The van der Waals surface area contributed by atoms with Crippen LogP contribution in [0, 0.1) is 16.7 Å². The Labute approximate surface area is 196 Å². The maximum absolute atomic E-state index is 13.5. The number of hydrogen-bond donors (Lipinski definition) is 0. The van der Waals surface area contributed by atoms with E-state index >= 15 is 0 Å². The molecule has 5 heteroatoms. The molecule has 168 valence electrons. The summed E-state index contributed by atoms with van der Waals surface area (Å²) in [5.74, 6) is 0.667. The fourth-order valence-corrected chi connectivity index (χ4v) is 4.57. The third-order valence-corrected chi connectivity index (χ3v) is 6.79. The Kier molecular flexibility index (Phi) is 6.84. The number of carbonyl (C=O) groups is 1. The van der Waals surface area contributed by atoms with Crippen molar-refractivity contribution in [1.29, 1.82) is 5.26 Å². The van der Waals surface area contributed by atoms with Crippen molar-refractivity contribution in [3.8, 4) is 6.07 Å². The minimum absolute atomic E-state index is 0.0357. The summed E-state index contributed by atoms with van der Waals surface area (Å²) in [5, 5.41) is 10.1. The fourth-order valence-electron chi connectivity index (χ4n) is 4.57. The van der Waals surface area contributed by atoms with Crippen LogP contribution in [0.15, 0.2) is 73.2 Å². The standard InChI is InChI=1S/C28H30N4O/c1-3-4-8-25(21(2)26-11-14-30-20-31-26)27(33)32-15-12-28(19-29,13-16-32)18-22-6-5-7-24(17-22)23-9-10-23/h3-8,11,14,17,20,23H,1,9-10,12-13,15-16,18H2,2H3/b8-4-,25-21-. The molecule has 1 saturated carbocycles. The van der Waals surface area contributed by atoms with Crippen molar-refractivity contribution < 1.29 is 4.79 Å². The van der Waals surface area contributed by atoms with E-state index in [4.69, 9.17) is 0 Å². The molecule has 2 heterocycles. The van der Waals surface area contributed by atoms with Crippen molar-refractivity contribution in [2.45, 2.75) is 44.9 Å². The molecule has 0 N–H and O–H groups in total. The molecule has 1 aromatic carbocycles. The van der Waals surface area contributed by atoms with E-state index < -0.39 is 5.41 Å². The predicted octanol–water partition coefficient (Wildman–Crippen LogP) is 5.24. The number of nitriles is 1. The largest absolute Gasteiger partial charge is 0.339 e. The summed E-state index contributed by atoms with van der Waals surface area (Å²) in [6.07, 6.45) is 13.0. The zero-order chi connectivity index (χ0) is 23.3. The highest BCUT2D eigenvalue weighted by Gasteiger charge is 2.37. The molecule has 0 unspecified atom stereocenters. The molecule has 1 aliphatic carbocycles. The molecule has 4 rings (SSSR count). The minimum Gasteiger partial charge on any atom is -0.339 e. The molecule has 2 aliphatic rings. The number of rotatable bonds is 7. The van der Waals surface area contributed by atoms with E-state index in [1.54, 1.807) is 30.5 Å². The van der Waals surface area contributed by atoms with Gasteiger partial charge in [-0.1, -0.05) is 43.0 Å². The van der Waals surface area contributed by atoms with Gasteiger partial charge in [0, 0.05) is 24.9 Å². The number of carbonyl (C=O) groups excluding carboxylic acids is 1. The molecule has 2 fully saturated rings. The molecule has 2 aromatic rings. The molecule has 1 aliphatic heterocycles. The molecule has 0 radical (unpaired) electrons. The van der Waals surface area contributed by atoms with Crippen LogP contribution in [0.3, 0.4) is 0 Å². The minimum atomic E-state index is -0.429. The number of aromatic nitrogens is 2. The topological polar surface area (TPSA) is 69.9 Å². The average molecular weight is 439 g/mol. The van der Waals surface area contributed by atoms with E-state index in [0.717, 1.165) is 17.7 Å². The SMILES string of the molecule is C=C/C=C\C(C(=O)N1CCC(C#N)(Cc2cccc(C3CC3)c2)CC1)=C(/C)c1ccncn1. The van der Waals surface area contributed by atoms with Gasteiger partial charge in [-0.2, -0.15) is 5.26 Å². The Balaban J connectivity index is 1.49. The molecule has 33 heavy (non-hydrogen) atoms. The monoisotopic (exact) mass is 438 g/mol. The first-order valence-corrected chi connectivity index (χ1v) is 11.6. The van der Waals surface area contributed by atoms with Crippen molar-refractivity contribution in [2.75, 3.05) is 13.1 Å². The van der Waals surface area contributed by atoms with Crippen LogP contribution >= 0.6 is 0 Å². The smallest absolute Gasteiger partial charge is 0.254 e. The molecule has 0 bridgehead atoms. The summed E-state index contributed by atoms with van der Waals surface area (Å²) in [7, 11) is 0. The number of likely N-dealkylation sites (tertiary alicyclic amines) is 1. The van der Waals surface area contributed by atoms with E-state index in [0.29, 0.717) is 37.4 Å². The van der Waals surface area contributed by atoms with Crippen LogP contribution < -0.4 is 0 Å². The van der Waals surface area contributed by atoms with Crippen LogP contribution in [0.4, 0.5) is 0 Å². The van der Waals surface area contributed by atoms with Gasteiger partial charge in [0.05, 0.1) is 17.2 Å². The molecule has 1 amide bonds. The van der Waals surface area contributed by atoms with Crippen LogP contribution in [0.2, 0.25) is 0 Å². The molecule has 5 nitrogen and oxygen atoms in total. The average Bonchev–Trinajstić information content (AvgIpc) is 3.71. The highest BCUT2D eigenvalue weighted by Crippen LogP contribution is 2.41. The third-order valence-electron chi connectivity index (χ3n) is 6.79. The van der Waals surface area contributed by atoms with E-state index in [2.05, 4.69) is 46.9 Å². The van der Waals surface area contributed by atoms with Gasteiger partial charge in [0.2, 0.25) is 0 Å². The van der Waals surface area contributed by atoms with Gasteiger partial charge < -0.3 is 4.90 Å². The first-order valence-electron chi connectivity index (χ1n) is 11.6. The quantitative estimate of drug-likeness (QED) is 0.438. The molecule has 0 atom stereocenters. The zero-order valence-electron chi connectivity index (χ0n) is 19.2. The number of amides is 1. The Morgan fingerprint density at radius 1 is 1.30 bits per heavy atom. The van der Waals surface area contributed by atoms with Crippen LogP contribution in [0.25, 0.3) is 5.57 Å². The van der Waals surface area contributed by atoms with Gasteiger partial charge in [0.25, 0.3) is 5.91 Å². The predicted molar refractivity (Wildman–Crippen MR) is 130 cm³/mol. The van der Waals surface area contributed by atoms with E-state index in [-0.39, 0.29) is 5.91 Å². The second kappa shape index (κ2) is 9.95. The highest BCUT2D eigenvalue weighted by molar-refractivity contribution is 6.03. The van der Waals surface area contributed by atoms with Gasteiger partial charge in [-0.05, 0) is 73.8 Å². The highest BCUT2D eigenvalue weighted by atomic mass is 16.2. The van der Waals surface area contributed by atoms with Crippen molar-refractivity contribution >= 4 is 11.5 Å². The van der Waals surface area contributed by atoms with Gasteiger partial charge in [-0.25, -0.2) is 9.97 Å². The van der Waals surface area contributed by atoms with Gasteiger partial charge in [0.1, 0.15) is 6.33 Å². The van der Waals surface area contributed by atoms with E-state index in [1.165, 1.54) is 30.3 Å². The molecule has 1 saturated heterocycles. The van der Waals surface area contributed by atoms with Crippen molar-refractivity contribution in [1.82, 2.24) is 14.9 Å². The lowest BCUT2D eigenvalue weighted by atomic mass is 9.74. The van der Waals surface area contributed by atoms with E-state index in [9.17, 15) is 10.1 Å². The van der Waals surface area contributed by atoms with Gasteiger partial charge >= 0.3 is 0 Å². The summed E-state index contributed by atoms with van der Waals surface area (Å²) in [4.78, 5) is 23.6. The van der Waals surface area contributed by atoms with Gasteiger partial charge in [-0.3, -0.25) is 4.79 Å². The summed E-state index contributed by atoms with van der Waals surface area (Å²) >= 11 is 0. The maximum atomic E-state index is 13.5. The van der Waals surface area contributed by atoms with Crippen LogP contribution in [0.1, 0.15) is 55.3 Å². The fraction of sp³-hybridized carbons (Fsp3) is 0.357. The first kappa shape index (κ1) is 22.7. The first-order chi connectivity index (χ1) is 16.0. The lowest BCUT2D eigenvalue weighted by molar-refractivity contribution is -0.128. The van der Waals surface area contributed by atoms with Crippen molar-refractivity contribution in [2.24, 2.45) is 5.41 Å². The molecular weight excluding hydrogens is 408 g/mol. The lowest BCUT2D eigenvalue weighted by Crippen LogP contribution is -2.44. The third kappa shape index (κ3) is 5.28. The van der Waals surface area contributed by atoms with Crippen LogP contribution in [-0.2, 0) is 11.2 Å². The van der Waals surface area contributed by atoms with Gasteiger partial charge in [0.15, 0.2) is 0 Å². The summed E-state index contributed by atoms with van der Waals surface area (Å²) < 4.78 is 0. The number of nitrogens with zero attached hydrogens (tertiary/aromatic N) is 4. The Morgan fingerprint density at radius 2 is 2.09 bits per heavy atom. The number of benzene rings is 1. The zero-order valence-corrected chi connectivity index (χ0v) is 19.2. The summed E-state index contributed by atoms with van der Waals surface area (Å²) in [6.45, 7) is 6.77. The number of allylic oxidation sites excluding steroid dienone is 3. The van der Waals surface area contributed by atoms with Crippen LogP contribution in [-0.4, -0.2) is 33.9 Å². The Morgan fingerprint density at radius 3 is 2.73 bits per heavy atom. The lowest BCUT2D eigenvalue weighted by Gasteiger charge is -2.38. The second-order valence-corrected chi connectivity index (χ2v) is 9.11. The van der Waals surface area contributed by atoms with Crippen molar-refractivity contribution in [3.05, 3.63) is 90.1 Å². The number of piperidine rings is 1. The summed E-state index contributed by atoms with van der Waals surface area (Å²) in [5.41, 5.74) is 4.32. The Hall–Kier alpha value is -3.52. The Bertz CT molecular complexity index is 1110. The maximum Gasteiger partial charge on any atom is 0.254 e. The summed E-state index contributed by atoms with van der Waals surface area (Å²) in [6, 6.07) is 13.1. The number of hydrogen-bond acceptors (Lipinski definition) is 4. The molecule has 0 spiro atoms.